The predicted molar refractivity (Wildman–Crippen MR) is 101 cm³/mol. The van der Waals surface area contributed by atoms with Crippen molar-refractivity contribution in [1.29, 1.82) is 0 Å². The summed E-state index contributed by atoms with van der Waals surface area (Å²) in [5.74, 6) is -4.01. The van der Waals surface area contributed by atoms with Gasteiger partial charge in [0.1, 0.15) is 11.2 Å². The van der Waals surface area contributed by atoms with E-state index in [0.717, 1.165) is 0 Å². The largest absolute Gasteiger partial charge is 0.367 e. The third kappa shape index (κ3) is 4.80. The number of hydrogen-bond acceptors (Lipinski definition) is 5. The van der Waals surface area contributed by atoms with Gasteiger partial charge in [-0.1, -0.05) is 0 Å². The molecule has 1 saturated carbocycles. The third-order valence-electron chi connectivity index (χ3n) is 5.55. The average molecular weight is 409 g/mol. The van der Waals surface area contributed by atoms with Crippen LogP contribution < -0.4 is 21.5 Å². The van der Waals surface area contributed by atoms with Crippen molar-refractivity contribution in [2.75, 3.05) is 11.9 Å². The van der Waals surface area contributed by atoms with Gasteiger partial charge in [-0.15, -0.1) is 0 Å². The van der Waals surface area contributed by atoms with Gasteiger partial charge in [0.05, 0.1) is 5.56 Å². The summed E-state index contributed by atoms with van der Waals surface area (Å²) in [6, 6.07) is 2.86. The molecule has 4 N–H and O–H groups in total. The minimum atomic E-state index is -2.66. The molecule has 1 aromatic rings. The van der Waals surface area contributed by atoms with Crippen LogP contribution in [0.3, 0.4) is 0 Å². The molecule has 0 bridgehead atoms. The van der Waals surface area contributed by atoms with Crippen LogP contribution in [0.5, 0.6) is 0 Å². The second-order valence-electron chi connectivity index (χ2n) is 7.77. The average Bonchev–Trinajstić information content (AvgIpc) is 2.93. The van der Waals surface area contributed by atoms with Crippen molar-refractivity contribution in [3.63, 3.8) is 0 Å². The van der Waals surface area contributed by atoms with Crippen LogP contribution in [0.15, 0.2) is 18.3 Å². The molecule has 29 heavy (non-hydrogen) atoms. The van der Waals surface area contributed by atoms with Crippen LogP contribution in [0.25, 0.3) is 0 Å². The summed E-state index contributed by atoms with van der Waals surface area (Å²) in [5.41, 5.74) is 3.53. The van der Waals surface area contributed by atoms with Crippen molar-refractivity contribution in [3.05, 3.63) is 23.9 Å². The molecule has 0 radical (unpaired) electrons. The van der Waals surface area contributed by atoms with Crippen molar-refractivity contribution < 1.29 is 23.2 Å². The Morgan fingerprint density at radius 1 is 1.21 bits per heavy atom. The number of amides is 3. The van der Waals surface area contributed by atoms with E-state index in [1.54, 1.807) is 6.07 Å². The molecule has 1 aromatic heterocycles. The fraction of sp³-hybridized carbons (Fsp3) is 0.579. The molecule has 0 aromatic carbocycles. The molecule has 2 fully saturated rings. The summed E-state index contributed by atoms with van der Waals surface area (Å²) in [6.07, 6.45) is 2.68. The molecule has 10 heteroatoms. The van der Waals surface area contributed by atoms with E-state index in [1.807, 2.05) is 0 Å². The van der Waals surface area contributed by atoms with Gasteiger partial charge in [0.15, 0.2) is 0 Å². The Morgan fingerprint density at radius 2 is 2.00 bits per heavy atom. The van der Waals surface area contributed by atoms with Gasteiger partial charge in [0.2, 0.25) is 11.8 Å². The van der Waals surface area contributed by atoms with E-state index in [4.69, 9.17) is 0 Å². The van der Waals surface area contributed by atoms with E-state index in [0.29, 0.717) is 25.8 Å². The van der Waals surface area contributed by atoms with Gasteiger partial charge in [-0.05, 0) is 44.7 Å². The van der Waals surface area contributed by atoms with Crippen LogP contribution in [-0.4, -0.2) is 41.2 Å². The van der Waals surface area contributed by atoms with E-state index >= 15 is 0 Å². The minimum absolute atomic E-state index is 0.140. The summed E-state index contributed by atoms with van der Waals surface area (Å²) in [4.78, 5) is 40.9. The summed E-state index contributed by atoms with van der Waals surface area (Å²) in [6.45, 7) is 1.91. The zero-order valence-corrected chi connectivity index (χ0v) is 16.2. The Balaban J connectivity index is 1.63. The van der Waals surface area contributed by atoms with Crippen molar-refractivity contribution in [3.8, 4) is 0 Å². The summed E-state index contributed by atoms with van der Waals surface area (Å²) in [5, 5.41) is 5.67. The molecule has 1 saturated heterocycles. The number of anilines is 1. The lowest BCUT2D eigenvalue weighted by molar-refractivity contribution is -0.140. The maximum atomic E-state index is 13.6. The highest BCUT2D eigenvalue weighted by atomic mass is 19.3. The van der Waals surface area contributed by atoms with Crippen LogP contribution in [0, 0.1) is 5.41 Å². The Labute approximate surface area is 167 Å². The van der Waals surface area contributed by atoms with Gasteiger partial charge in [-0.3, -0.25) is 25.2 Å². The number of hydrogen-bond donors (Lipinski definition) is 4. The van der Waals surface area contributed by atoms with Crippen molar-refractivity contribution in [2.45, 2.75) is 57.4 Å². The molecule has 1 aliphatic carbocycles. The van der Waals surface area contributed by atoms with E-state index in [1.165, 1.54) is 19.2 Å². The number of pyridine rings is 1. The summed E-state index contributed by atoms with van der Waals surface area (Å²) >= 11 is 0. The van der Waals surface area contributed by atoms with Gasteiger partial charge in [0.25, 0.3) is 11.8 Å². The number of nitrogens with one attached hydrogen (secondary N) is 4. The lowest BCUT2D eigenvalue weighted by Gasteiger charge is -2.21. The predicted octanol–water partition coefficient (Wildman–Crippen LogP) is 1.75. The molecule has 1 aliphatic heterocycles. The fourth-order valence-corrected chi connectivity index (χ4v) is 3.57. The van der Waals surface area contributed by atoms with Crippen LogP contribution >= 0.6 is 0 Å². The molecular weight excluding hydrogens is 384 g/mol. The Kier molecular flexibility index (Phi) is 5.99. The first-order chi connectivity index (χ1) is 13.7. The number of alkyl halides is 2. The van der Waals surface area contributed by atoms with Gasteiger partial charge in [0, 0.05) is 31.6 Å². The fourth-order valence-electron chi connectivity index (χ4n) is 3.57. The van der Waals surface area contributed by atoms with E-state index < -0.39 is 29.1 Å². The van der Waals surface area contributed by atoms with Crippen LogP contribution in [0.2, 0.25) is 0 Å². The first kappa shape index (κ1) is 20.9. The SMILES string of the molecule is CC1(C(=O)NNC(=O)c2cccnc2NC2CCCC(F)(F)CC2)CCNC1=O. The molecular formula is C19H25F2N5O3. The number of carbonyl (C=O) groups is 3. The maximum absolute atomic E-state index is 13.6. The number of halogens is 2. The molecule has 3 amide bonds. The normalized spacial score (nSPS) is 26.2. The summed E-state index contributed by atoms with van der Waals surface area (Å²) in [7, 11) is 0. The van der Waals surface area contributed by atoms with Crippen molar-refractivity contribution in [1.82, 2.24) is 21.2 Å². The zero-order valence-electron chi connectivity index (χ0n) is 16.2. The number of aromatic nitrogens is 1. The van der Waals surface area contributed by atoms with E-state index in [9.17, 15) is 23.2 Å². The smallest absolute Gasteiger partial charge is 0.273 e. The van der Waals surface area contributed by atoms with Gasteiger partial charge in [-0.25, -0.2) is 13.8 Å². The van der Waals surface area contributed by atoms with Crippen molar-refractivity contribution in [2.24, 2.45) is 5.41 Å². The van der Waals surface area contributed by atoms with E-state index in [2.05, 4.69) is 26.5 Å². The van der Waals surface area contributed by atoms with Crippen LogP contribution in [0.1, 0.15) is 55.8 Å². The molecule has 158 valence electrons. The quantitative estimate of drug-likeness (QED) is 0.344. The molecule has 2 atom stereocenters. The second-order valence-corrected chi connectivity index (χ2v) is 7.77. The Morgan fingerprint density at radius 3 is 2.72 bits per heavy atom. The highest BCUT2D eigenvalue weighted by Crippen LogP contribution is 2.33. The van der Waals surface area contributed by atoms with Gasteiger partial charge in [-0.2, -0.15) is 0 Å². The highest BCUT2D eigenvalue weighted by molar-refractivity contribution is 6.07. The third-order valence-corrected chi connectivity index (χ3v) is 5.55. The maximum Gasteiger partial charge on any atom is 0.273 e. The van der Waals surface area contributed by atoms with E-state index in [-0.39, 0.29) is 36.7 Å². The molecule has 2 heterocycles. The monoisotopic (exact) mass is 409 g/mol. The lowest BCUT2D eigenvalue weighted by Crippen LogP contribution is -2.51. The molecule has 0 spiro atoms. The molecule has 8 nitrogen and oxygen atoms in total. The van der Waals surface area contributed by atoms with Gasteiger partial charge >= 0.3 is 0 Å². The zero-order chi connectivity index (χ0) is 21.1. The minimum Gasteiger partial charge on any atom is -0.367 e. The Hall–Kier alpha value is -2.78. The van der Waals surface area contributed by atoms with Crippen LogP contribution in [-0.2, 0) is 9.59 Å². The molecule has 2 unspecified atom stereocenters. The molecule has 3 rings (SSSR count). The number of hydrazine groups is 1. The first-order valence-electron chi connectivity index (χ1n) is 9.70. The lowest BCUT2D eigenvalue weighted by atomic mass is 9.88. The number of carbonyl (C=O) groups excluding carboxylic acids is 3. The Bertz CT molecular complexity index is 804. The summed E-state index contributed by atoms with van der Waals surface area (Å²) < 4.78 is 27.1. The number of nitrogens with zero attached hydrogens (tertiary/aromatic N) is 1. The van der Waals surface area contributed by atoms with Crippen molar-refractivity contribution >= 4 is 23.5 Å². The standard InChI is InChI=1S/C19H25F2N5O3/c1-18(9-11-23-16(18)28)17(29)26-25-15(27)13-5-3-10-22-14(13)24-12-4-2-7-19(20,21)8-6-12/h3,5,10,12H,2,4,6-9,11H2,1H3,(H,22,24)(H,23,28)(H,25,27)(H,26,29). The number of rotatable bonds is 4. The molecule has 2 aliphatic rings. The topological polar surface area (TPSA) is 112 Å². The van der Waals surface area contributed by atoms with Crippen LogP contribution in [0.4, 0.5) is 14.6 Å². The van der Waals surface area contributed by atoms with Gasteiger partial charge < -0.3 is 10.6 Å². The highest BCUT2D eigenvalue weighted by Gasteiger charge is 2.44. The second kappa shape index (κ2) is 8.30. The first-order valence-corrected chi connectivity index (χ1v) is 9.70.